The average Bonchev–Trinajstić information content (AvgIpc) is 3.47. The summed E-state index contributed by atoms with van der Waals surface area (Å²) in [4.78, 5) is 26.4. The van der Waals surface area contributed by atoms with E-state index in [4.69, 9.17) is 0 Å². The van der Waals surface area contributed by atoms with Gasteiger partial charge in [0.05, 0.1) is 17.4 Å². The minimum absolute atomic E-state index is 0.0606. The van der Waals surface area contributed by atoms with Crippen molar-refractivity contribution < 1.29 is 14.3 Å². The maximum absolute atomic E-state index is 15.0. The van der Waals surface area contributed by atoms with Gasteiger partial charge in [-0.2, -0.15) is 0 Å². The van der Waals surface area contributed by atoms with Crippen LogP contribution in [-0.4, -0.2) is 48.6 Å². The largest absolute Gasteiger partial charge is 0.477 e. The number of hydrogen-bond acceptors (Lipinski definition) is 5. The Kier molecular flexibility index (Phi) is 5.86. The third-order valence-corrected chi connectivity index (χ3v) is 5.52. The van der Waals surface area contributed by atoms with Crippen LogP contribution in [-0.2, 0) is 6.54 Å². The molecule has 0 amide bonds. The highest BCUT2D eigenvalue weighted by Crippen LogP contribution is 2.37. The van der Waals surface area contributed by atoms with Gasteiger partial charge in [-0.1, -0.05) is 19.1 Å². The Hall–Kier alpha value is -3.07. The molecule has 31 heavy (non-hydrogen) atoms. The second-order valence-corrected chi connectivity index (χ2v) is 8.07. The quantitative estimate of drug-likeness (QED) is 0.563. The van der Waals surface area contributed by atoms with Crippen molar-refractivity contribution in [3.05, 3.63) is 51.8 Å². The third kappa shape index (κ3) is 4.23. The van der Waals surface area contributed by atoms with Gasteiger partial charge < -0.3 is 9.67 Å². The summed E-state index contributed by atoms with van der Waals surface area (Å²) in [6.45, 7) is 6.78. The van der Waals surface area contributed by atoms with Crippen molar-refractivity contribution in [3.63, 3.8) is 0 Å². The summed E-state index contributed by atoms with van der Waals surface area (Å²) < 4.78 is 18.1. The highest BCUT2D eigenvalue weighted by molar-refractivity contribution is 5.93. The van der Waals surface area contributed by atoms with Crippen LogP contribution in [0.3, 0.4) is 0 Å². The molecule has 2 aromatic heterocycles. The number of aromatic carboxylic acids is 1. The van der Waals surface area contributed by atoms with Gasteiger partial charge in [-0.25, -0.2) is 13.9 Å². The fourth-order valence-corrected chi connectivity index (χ4v) is 3.96. The minimum atomic E-state index is -1.31. The number of benzene rings is 1. The Labute approximate surface area is 178 Å². The summed E-state index contributed by atoms with van der Waals surface area (Å²) in [5.41, 5.74) is 0.396. The minimum Gasteiger partial charge on any atom is -0.477 e. The second kappa shape index (κ2) is 8.58. The monoisotopic (exact) mass is 427 g/mol. The highest BCUT2D eigenvalue weighted by Gasteiger charge is 2.27. The van der Waals surface area contributed by atoms with E-state index < -0.39 is 17.2 Å². The van der Waals surface area contributed by atoms with Crippen LogP contribution in [0.4, 0.5) is 4.39 Å². The van der Waals surface area contributed by atoms with E-state index in [1.807, 2.05) is 0 Å². The molecule has 1 N–H and O–H groups in total. The second-order valence-electron chi connectivity index (χ2n) is 8.07. The number of carbonyl (C=O) groups is 1. The molecular weight excluding hydrogens is 401 g/mol. The van der Waals surface area contributed by atoms with Crippen molar-refractivity contribution in [3.8, 4) is 5.69 Å². The smallest absolute Gasteiger partial charge is 0.341 e. The average molecular weight is 427 g/mol. The molecular formula is C22H26FN5O3. The molecule has 1 fully saturated rings. The number of carboxylic acids is 1. The number of nitrogens with zero attached hydrogens (tertiary/aromatic N) is 5. The van der Waals surface area contributed by atoms with Gasteiger partial charge >= 0.3 is 5.97 Å². The summed E-state index contributed by atoms with van der Waals surface area (Å²) in [5, 5.41) is 17.7. The van der Waals surface area contributed by atoms with Crippen LogP contribution in [0.25, 0.3) is 16.6 Å². The van der Waals surface area contributed by atoms with Crippen molar-refractivity contribution in [2.75, 3.05) is 13.1 Å². The SMILES string of the molecule is CCCN(CCC)Cc1cn(-c2cc3c(cc2F)c(=O)c(C(=O)O)cn3C2CC2)nn1. The third-order valence-electron chi connectivity index (χ3n) is 5.52. The number of halogens is 1. The molecule has 0 radical (unpaired) electrons. The van der Waals surface area contributed by atoms with Gasteiger partial charge in [-0.05, 0) is 50.9 Å². The van der Waals surface area contributed by atoms with Crippen LogP contribution in [0.15, 0.2) is 29.3 Å². The number of carboxylic acid groups (broad SMARTS) is 1. The van der Waals surface area contributed by atoms with E-state index in [0.717, 1.165) is 50.5 Å². The molecule has 1 aliphatic carbocycles. The highest BCUT2D eigenvalue weighted by atomic mass is 19.1. The Bertz CT molecular complexity index is 1180. The molecule has 0 saturated heterocycles. The first-order chi connectivity index (χ1) is 14.9. The van der Waals surface area contributed by atoms with E-state index in [0.29, 0.717) is 12.1 Å². The molecule has 1 saturated carbocycles. The predicted molar refractivity (Wildman–Crippen MR) is 114 cm³/mol. The molecule has 0 bridgehead atoms. The van der Waals surface area contributed by atoms with E-state index in [2.05, 4.69) is 29.1 Å². The Morgan fingerprint density at radius 1 is 1.23 bits per heavy atom. The topological polar surface area (TPSA) is 93.2 Å². The van der Waals surface area contributed by atoms with Gasteiger partial charge in [0.2, 0.25) is 5.43 Å². The number of rotatable bonds is 9. The number of pyridine rings is 1. The van der Waals surface area contributed by atoms with Crippen molar-refractivity contribution in [2.45, 2.75) is 52.1 Å². The molecule has 8 nitrogen and oxygen atoms in total. The van der Waals surface area contributed by atoms with E-state index in [1.165, 1.54) is 10.9 Å². The molecule has 9 heteroatoms. The lowest BCUT2D eigenvalue weighted by Crippen LogP contribution is -2.25. The first kappa shape index (κ1) is 21.2. The molecule has 0 spiro atoms. The zero-order chi connectivity index (χ0) is 22.1. The Morgan fingerprint density at radius 2 is 1.94 bits per heavy atom. The molecule has 1 aliphatic rings. The van der Waals surface area contributed by atoms with Crippen molar-refractivity contribution in [1.29, 1.82) is 0 Å². The van der Waals surface area contributed by atoms with Crippen molar-refractivity contribution in [2.24, 2.45) is 0 Å². The molecule has 1 aromatic carbocycles. The number of aromatic nitrogens is 4. The van der Waals surface area contributed by atoms with Crippen molar-refractivity contribution >= 4 is 16.9 Å². The van der Waals surface area contributed by atoms with Crippen LogP contribution >= 0.6 is 0 Å². The van der Waals surface area contributed by atoms with Crippen LogP contribution in [0, 0.1) is 5.82 Å². The number of fused-ring (bicyclic) bond motifs is 1. The molecule has 0 unspecified atom stereocenters. The van der Waals surface area contributed by atoms with E-state index >= 15 is 0 Å². The molecule has 0 aliphatic heterocycles. The van der Waals surface area contributed by atoms with Gasteiger partial charge in [0, 0.05) is 24.2 Å². The summed E-state index contributed by atoms with van der Waals surface area (Å²) in [6, 6.07) is 2.78. The summed E-state index contributed by atoms with van der Waals surface area (Å²) in [6.07, 6.45) is 6.92. The fourth-order valence-electron chi connectivity index (χ4n) is 3.96. The van der Waals surface area contributed by atoms with Crippen LogP contribution in [0.5, 0.6) is 0 Å². The maximum atomic E-state index is 15.0. The first-order valence-corrected chi connectivity index (χ1v) is 10.7. The number of hydrogen-bond donors (Lipinski definition) is 1. The summed E-state index contributed by atoms with van der Waals surface area (Å²) >= 11 is 0. The lowest BCUT2D eigenvalue weighted by atomic mass is 10.1. The van der Waals surface area contributed by atoms with Gasteiger partial charge in [-0.15, -0.1) is 5.10 Å². The van der Waals surface area contributed by atoms with E-state index in [-0.39, 0.29) is 22.7 Å². The fraction of sp³-hybridized carbons (Fsp3) is 0.455. The predicted octanol–water partition coefficient (Wildman–Crippen LogP) is 3.38. The van der Waals surface area contributed by atoms with E-state index in [9.17, 15) is 19.1 Å². The van der Waals surface area contributed by atoms with Gasteiger partial charge in [0.1, 0.15) is 17.1 Å². The Morgan fingerprint density at radius 3 is 2.55 bits per heavy atom. The first-order valence-electron chi connectivity index (χ1n) is 10.7. The molecule has 0 atom stereocenters. The van der Waals surface area contributed by atoms with Crippen LogP contribution in [0.1, 0.15) is 61.6 Å². The summed E-state index contributed by atoms with van der Waals surface area (Å²) in [5.74, 6) is -1.96. The van der Waals surface area contributed by atoms with Crippen molar-refractivity contribution in [1.82, 2.24) is 24.5 Å². The molecule has 4 rings (SSSR count). The molecule has 164 valence electrons. The molecule has 3 aromatic rings. The van der Waals surface area contributed by atoms with Gasteiger partial charge in [-0.3, -0.25) is 9.69 Å². The van der Waals surface area contributed by atoms with E-state index in [1.54, 1.807) is 16.8 Å². The lowest BCUT2D eigenvalue weighted by Gasteiger charge is -2.19. The Balaban J connectivity index is 1.76. The van der Waals surface area contributed by atoms with Gasteiger partial charge in [0.15, 0.2) is 0 Å². The molecule has 2 heterocycles. The normalized spacial score (nSPS) is 13.9. The summed E-state index contributed by atoms with van der Waals surface area (Å²) in [7, 11) is 0. The zero-order valence-corrected chi connectivity index (χ0v) is 17.7. The lowest BCUT2D eigenvalue weighted by molar-refractivity contribution is 0.0695. The zero-order valence-electron chi connectivity index (χ0n) is 17.7. The van der Waals surface area contributed by atoms with Crippen LogP contribution in [0.2, 0.25) is 0 Å². The standard InChI is InChI=1S/C22H26FN5O3/c1-3-7-26(8-4-2)11-14-12-28(25-24-14)20-10-19-16(9-18(20)23)21(29)17(22(30)31)13-27(19)15-5-6-15/h9-10,12-13,15H,3-8,11H2,1-2H3,(H,30,31). The van der Waals surface area contributed by atoms with Crippen LogP contribution < -0.4 is 5.43 Å². The van der Waals surface area contributed by atoms with Gasteiger partial charge in [0.25, 0.3) is 0 Å². The maximum Gasteiger partial charge on any atom is 0.341 e.